The van der Waals surface area contributed by atoms with Crippen molar-refractivity contribution in [3.63, 3.8) is 0 Å². The molecule has 1 unspecified atom stereocenters. The minimum absolute atomic E-state index is 0.146. The Hall–Kier alpha value is -2.57. The van der Waals surface area contributed by atoms with Crippen molar-refractivity contribution >= 4 is 6.03 Å². The second kappa shape index (κ2) is 10.1. The molecule has 0 radical (unpaired) electrons. The summed E-state index contributed by atoms with van der Waals surface area (Å²) in [5.41, 5.74) is 3.30. The van der Waals surface area contributed by atoms with E-state index in [1.807, 2.05) is 31.2 Å². The molecule has 1 heterocycles. The monoisotopic (exact) mass is 383 g/mol. The van der Waals surface area contributed by atoms with Crippen molar-refractivity contribution in [1.82, 2.24) is 15.5 Å². The van der Waals surface area contributed by atoms with Crippen LogP contribution in [0.2, 0.25) is 0 Å². The molecule has 3 rings (SSSR count). The van der Waals surface area contributed by atoms with E-state index in [-0.39, 0.29) is 12.1 Å². The maximum atomic E-state index is 12.2. The van der Waals surface area contributed by atoms with Gasteiger partial charge in [-0.05, 0) is 24.1 Å². The standard InChI is InChI=1S/C22H29N3O3/c1-17(20-5-3-4-6-21(20)27-2)24-22(26)23-15-18-7-9-19(10-8-18)16-25-11-13-28-14-12-25/h3-10,17H,11-16H2,1-2H3,(H2,23,24,26). The summed E-state index contributed by atoms with van der Waals surface area (Å²) in [6.07, 6.45) is 0. The molecule has 1 saturated heterocycles. The van der Waals surface area contributed by atoms with Crippen molar-refractivity contribution < 1.29 is 14.3 Å². The van der Waals surface area contributed by atoms with Gasteiger partial charge in [-0.25, -0.2) is 4.79 Å². The zero-order valence-corrected chi connectivity index (χ0v) is 16.6. The van der Waals surface area contributed by atoms with E-state index in [9.17, 15) is 4.79 Å². The lowest BCUT2D eigenvalue weighted by Crippen LogP contribution is -2.36. The number of urea groups is 1. The number of methoxy groups -OCH3 is 1. The molecule has 1 fully saturated rings. The van der Waals surface area contributed by atoms with Gasteiger partial charge in [0.15, 0.2) is 0 Å². The number of carbonyl (C=O) groups excluding carboxylic acids is 1. The molecule has 1 aliphatic rings. The molecule has 2 aromatic rings. The molecule has 6 nitrogen and oxygen atoms in total. The van der Waals surface area contributed by atoms with Crippen LogP contribution >= 0.6 is 0 Å². The predicted molar refractivity (Wildman–Crippen MR) is 109 cm³/mol. The molecule has 0 aromatic heterocycles. The summed E-state index contributed by atoms with van der Waals surface area (Å²) in [7, 11) is 1.63. The third-order valence-corrected chi connectivity index (χ3v) is 4.94. The summed E-state index contributed by atoms with van der Waals surface area (Å²) >= 11 is 0. The minimum atomic E-state index is -0.198. The van der Waals surface area contributed by atoms with E-state index >= 15 is 0 Å². The average Bonchev–Trinajstić information content (AvgIpc) is 2.74. The molecule has 6 heteroatoms. The fourth-order valence-electron chi connectivity index (χ4n) is 3.31. The number of hydrogen-bond acceptors (Lipinski definition) is 4. The van der Waals surface area contributed by atoms with Crippen molar-refractivity contribution in [1.29, 1.82) is 0 Å². The molecule has 0 saturated carbocycles. The van der Waals surface area contributed by atoms with Crippen LogP contribution in [-0.4, -0.2) is 44.3 Å². The fraction of sp³-hybridized carbons (Fsp3) is 0.409. The summed E-state index contributed by atoms with van der Waals surface area (Å²) in [5.74, 6) is 0.770. The molecule has 150 valence electrons. The highest BCUT2D eigenvalue weighted by atomic mass is 16.5. The number of morpholine rings is 1. The zero-order chi connectivity index (χ0) is 19.8. The lowest BCUT2D eigenvalue weighted by molar-refractivity contribution is 0.0342. The summed E-state index contributed by atoms with van der Waals surface area (Å²) in [6.45, 7) is 6.95. The van der Waals surface area contributed by atoms with E-state index in [4.69, 9.17) is 9.47 Å². The number of para-hydroxylation sites is 1. The van der Waals surface area contributed by atoms with Gasteiger partial charge in [0.1, 0.15) is 5.75 Å². The van der Waals surface area contributed by atoms with Crippen molar-refractivity contribution in [2.75, 3.05) is 33.4 Å². The van der Waals surface area contributed by atoms with E-state index in [0.29, 0.717) is 6.54 Å². The van der Waals surface area contributed by atoms with Crippen molar-refractivity contribution in [2.45, 2.75) is 26.1 Å². The quantitative estimate of drug-likeness (QED) is 0.771. The van der Waals surface area contributed by atoms with Gasteiger partial charge in [0.25, 0.3) is 0 Å². The molecule has 0 bridgehead atoms. The fourth-order valence-corrected chi connectivity index (χ4v) is 3.31. The highest BCUT2D eigenvalue weighted by molar-refractivity contribution is 5.74. The highest BCUT2D eigenvalue weighted by Gasteiger charge is 2.13. The van der Waals surface area contributed by atoms with Gasteiger partial charge in [0.05, 0.1) is 26.4 Å². The van der Waals surface area contributed by atoms with Gasteiger partial charge in [-0.1, -0.05) is 42.5 Å². The summed E-state index contributed by atoms with van der Waals surface area (Å²) in [4.78, 5) is 14.6. The van der Waals surface area contributed by atoms with E-state index < -0.39 is 0 Å². The van der Waals surface area contributed by atoms with Crippen LogP contribution in [0, 0.1) is 0 Å². The second-order valence-corrected chi connectivity index (χ2v) is 7.00. The van der Waals surface area contributed by atoms with E-state index in [1.54, 1.807) is 7.11 Å². The van der Waals surface area contributed by atoms with Crippen molar-refractivity contribution in [3.8, 4) is 5.75 Å². The van der Waals surface area contributed by atoms with E-state index in [2.05, 4.69) is 39.8 Å². The maximum absolute atomic E-state index is 12.2. The Morgan fingerprint density at radius 1 is 1.11 bits per heavy atom. The van der Waals surface area contributed by atoms with Gasteiger partial charge >= 0.3 is 6.03 Å². The summed E-state index contributed by atoms with van der Waals surface area (Å²) in [6, 6.07) is 15.7. The third kappa shape index (κ3) is 5.71. The molecule has 2 amide bonds. The van der Waals surface area contributed by atoms with Gasteiger partial charge in [-0.2, -0.15) is 0 Å². The molecule has 1 aliphatic heterocycles. The van der Waals surface area contributed by atoms with Gasteiger partial charge < -0.3 is 20.1 Å². The first-order valence-corrected chi connectivity index (χ1v) is 9.71. The molecular weight excluding hydrogens is 354 g/mol. The van der Waals surface area contributed by atoms with Crippen LogP contribution in [0.1, 0.15) is 29.7 Å². The lowest BCUT2D eigenvalue weighted by Gasteiger charge is -2.26. The second-order valence-electron chi connectivity index (χ2n) is 7.00. The molecule has 0 spiro atoms. The minimum Gasteiger partial charge on any atom is -0.496 e. The Labute approximate surface area is 166 Å². The number of nitrogens with zero attached hydrogens (tertiary/aromatic N) is 1. The topological polar surface area (TPSA) is 62.8 Å². The van der Waals surface area contributed by atoms with Crippen LogP contribution in [0.5, 0.6) is 5.75 Å². The van der Waals surface area contributed by atoms with Gasteiger partial charge in [0.2, 0.25) is 0 Å². The largest absolute Gasteiger partial charge is 0.496 e. The van der Waals surface area contributed by atoms with Crippen LogP contribution in [0.4, 0.5) is 4.79 Å². The highest BCUT2D eigenvalue weighted by Crippen LogP contribution is 2.24. The lowest BCUT2D eigenvalue weighted by atomic mass is 10.1. The Morgan fingerprint density at radius 2 is 1.79 bits per heavy atom. The zero-order valence-electron chi connectivity index (χ0n) is 16.6. The van der Waals surface area contributed by atoms with Gasteiger partial charge in [-0.3, -0.25) is 4.90 Å². The molecule has 2 N–H and O–H groups in total. The van der Waals surface area contributed by atoms with Crippen LogP contribution in [0.3, 0.4) is 0 Å². The number of ether oxygens (including phenoxy) is 2. The van der Waals surface area contributed by atoms with Gasteiger partial charge in [0, 0.05) is 31.7 Å². The predicted octanol–water partition coefficient (Wildman–Crippen LogP) is 3.09. The number of hydrogen-bond donors (Lipinski definition) is 2. The molecule has 28 heavy (non-hydrogen) atoms. The van der Waals surface area contributed by atoms with Gasteiger partial charge in [-0.15, -0.1) is 0 Å². The number of nitrogens with one attached hydrogen (secondary N) is 2. The van der Waals surface area contributed by atoms with Crippen molar-refractivity contribution in [2.24, 2.45) is 0 Å². The number of benzene rings is 2. The average molecular weight is 383 g/mol. The molecule has 0 aliphatic carbocycles. The Kier molecular flexibility index (Phi) is 7.28. The van der Waals surface area contributed by atoms with E-state index in [1.165, 1.54) is 5.56 Å². The van der Waals surface area contributed by atoms with Crippen LogP contribution in [0.15, 0.2) is 48.5 Å². The first-order valence-electron chi connectivity index (χ1n) is 9.71. The molecular formula is C22H29N3O3. The Morgan fingerprint density at radius 3 is 2.50 bits per heavy atom. The normalized spacial score (nSPS) is 15.6. The third-order valence-electron chi connectivity index (χ3n) is 4.94. The Bertz CT molecular complexity index is 758. The maximum Gasteiger partial charge on any atom is 0.315 e. The summed E-state index contributed by atoms with van der Waals surface area (Å²) < 4.78 is 10.7. The SMILES string of the molecule is COc1ccccc1C(C)NC(=O)NCc1ccc(CN2CCOCC2)cc1. The summed E-state index contributed by atoms with van der Waals surface area (Å²) in [5, 5.41) is 5.88. The molecule has 2 aromatic carbocycles. The van der Waals surface area contributed by atoms with Crippen LogP contribution in [-0.2, 0) is 17.8 Å². The Balaban J connectivity index is 1.46. The number of amides is 2. The van der Waals surface area contributed by atoms with Crippen LogP contribution in [0.25, 0.3) is 0 Å². The first-order chi connectivity index (χ1) is 13.7. The smallest absolute Gasteiger partial charge is 0.315 e. The molecule has 1 atom stereocenters. The van der Waals surface area contributed by atoms with Crippen molar-refractivity contribution in [3.05, 3.63) is 65.2 Å². The van der Waals surface area contributed by atoms with Crippen LogP contribution < -0.4 is 15.4 Å². The number of rotatable bonds is 7. The first kappa shape index (κ1) is 20.2. The van der Waals surface area contributed by atoms with E-state index in [0.717, 1.165) is 49.7 Å². The number of carbonyl (C=O) groups is 1.